The van der Waals surface area contributed by atoms with Gasteiger partial charge in [-0.2, -0.15) is 5.10 Å². The van der Waals surface area contributed by atoms with Crippen LogP contribution in [0.4, 0.5) is 0 Å². The van der Waals surface area contributed by atoms with Crippen LogP contribution in [0.5, 0.6) is 0 Å². The first-order chi connectivity index (χ1) is 10.7. The maximum Gasteiger partial charge on any atom is 0.271 e. The van der Waals surface area contributed by atoms with Gasteiger partial charge in [-0.05, 0) is 63.2 Å². The van der Waals surface area contributed by atoms with Crippen molar-refractivity contribution in [2.45, 2.75) is 0 Å². The summed E-state index contributed by atoms with van der Waals surface area (Å²) >= 11 is 2.25. The van der Waals surface area contributed by atoms with Crippen LogP contribution in [-0.4, -0.2) is 12.1 Å². The molecule has 0 aliphatic carbocycles. The van der Waals surface area contributed by atoms with Crippen molar-refractivity contribution >= 4 is 45.5 Å². The standard InChI is InChI=1S/C18H13IN2O/c19-17-9-5-13(6-10-17)12-20-21-18(22)16-8-7-14-3-1-2-4-15(14)11-16/h1-12H,(H,21,22)/b20-12-. The van der Waals surface area contributed by atoms with Gasteiger partial charge in [-0.1, -0.05) is 42.5 Å². The Morgan fingerprint density at radius 2 is 1.68 bits per heavy atom. The summed E-state index contributed by atoms with van der Waals surface area (Å²) in [6, 6.07) is 21.4. The number of halogens is 1. The molecule has 0 saturated carbocycles. The Labute approximate surface area is 142 Å². The molecule has 3 aromatic rings. The fourth-order valence-corrected chi connectivity index (χ4v) is 2.47. The number of hydrazone groups is 1. The van der Waals surface area contributed by atoms with E-state index in [-0.39, 0.29) is 5.91 Å². The molecule has 3 aromatic carbocycles. The number of fused-ring (bicyclic) bond motifs is 1. The molecule has 0 unspecified atom stereocenters. The van der Waals surface area contributed by atoms with Crippen LogP contribution in [-0.2, 0) is 0 Å². The maximum atomic E-state index is 12.1. The van der Waals surface area contributed by atoms with Crippen molar-refractivity contribution in [2.24, 2.45) is 5.10 Å². The Bertz CT molecular complexity index is 841. The van der Waals surface area contributed by atoms with Gasteiger partial charge >= 0.3 is 0 Å². The molecule has 4 heteroatoms. The molecule has 0 aromatic heterocycles. The average Bonchev–Trinajstić information content (AvgIpc) is 2.56. The quantitative estimate of drug-likeness (QED) is 0.400. The van der Waals surface area contributed by atoms with Crippen molar-refractivity contribution in [3.8, 4) is 0 Å². The Balaban J connectivity index is 1.71. The number of carbonyl (C=O) groups is 1. The van der Waals surface area contributed by atoms with E-state index in [1.165, 1.54) is 0 Å². The van der Waals surface area contributed by atoms with Gasteiger partial charge in [-0.3, -0.25) is 4.79 Å². The van der Waals surface area contributed by atoms with Crippen LogP contribution in [0.3, 0.4) is 0 Å². The van der Waals surface area contributed by atoms with Gasteiger partial charge in [0.1, 0.15) is 0 Å². The molecule has 0 radical (unpaired) electrons. The summed E-state index contributed by atoms with van der Waals surface area (Å²) in [6.45, 7) is 0. The third kappa shape index (κ3) is 3.51. The lowest BCUT2D eigenvalue weighted by Crippen LogP contribution is -2.17. The SMILES string of the molecule is O=C(N/N=C\c1ccc(I)cc1)c1ccc2ccccc2c1. The summed E-state index contributed by atoms with van der Waals surface area (Å²) in [5.74, 6) is -0.215. The van der Waals surface area contributed by atoms with E-state index in [2.05, 4.69) is 33.1 Å². The van der Waals surface area contributed by atoms with Crippen LogP contribution >= 0.6 is 22.6 Å². The lowest BCUT2D eigenvalue weighted by Gasteiger charge is -2.02. The number of amides is 1. The minimum absolute atomic E-state index is 0.215. The largest absolute Gasteiger partial charge is 0.271 e. The zero-order valence-electron chi connectivity index (χ0n) is 11.7. The van der Waals surface area contributed by atoms with E-state index >= 15 is 0 Å². The van der Waals surface area contributed by atoms with Gasteiger partial charge < -0.3 is 0 Å². The highest BCUT2D eigenvalue weighted by atomic mass is 127. The van der Waals surface area contributed by atoms with E-state index in [9.17, 15) is 4.79 Å². The van der Waals surface area contributed by atoms with Crippen LogP contribution in [0.15, 0.2) is 71.8 Å². The number of hydrogen-bond donors (Lipinski definition) is 1. The molecular formula is C18H13IN2O. The number of hydrogen-bond acceptors (Lipinski definition) is 2. The van der Waals surface area contributed by atoms with Crippen molar-refractivity contribution in [2.75, 3.05) is 0 Å². The molecule has 108 valence electrons. The van der Waals surface area contributed by atoms with Crippen molar-refractivity contribution < 1.29 is 4.79 Å². The van der Waals surface area contributed by atoms with E-state index in [1.54, 1.807) is 12.3 Å². The molecule has 1 N–H and O–H groups in total. The molecular weight excluding hydrogens is 387 g/mol. The Kier molecular flexibility index (Phi) is 4.48. The van der Waals surface area contributed by atoms with Crippen LogP contribution in [0.25, 0.3) is 10.8 Å². The second-order valence-corrected chi connectivity index (χ2v) is 6.06. The van der Waals surface area contributed by atoms with Gasteiger partial charge in [-0.15, -0.1) is 0 Å². The molecule has 0 spiro atoms. The number of rotatable bonds is 3. The number of benzene rings is 3. The third-order valence-electron chi connectivity index (χ3n) is 3.26. The first-order valence-corrected chi connectivity index (χ1v) is 7.88. The smallest absolute Gasteiger partial charge is 0.267 e. The van der Waals surface area contributed by atoms with Gasteiger partial charge in [-0.25, -0.2) is 5.43 Å². The molecule has 3 nitrogen and oxygen atoms in total. The molecule has 1 amide bonds. The highest BCUT2D eigenvalue weighted by Gasteiger charge is 2.04. The molecule has 0 atom stereocenters. The van der Waals surface area contributed by atoms with E-state index in [1.807, 2.05) is 60.7 Å². The second kappa shape index (κ2) is 6.70. The van der Waals surface area contributed by atoms with Crippen molar-refractivity contribution in [1.82, 2.24) is 5.43 Å². The van der Waals surface area contributed by atoms with Gasteiger partial charge in [0.25, 0.3) is 5.91 Å². The predicted octanol–water partition coefficient (Wildman–Crippen LogP) is 4.21. The number of nitrogens with zero attached hydrogens (tertiary/aromatic N) is 1. The fourth-order valence-electron chi connectivity index (χ4n) is 2.11. The van der Waals surface area contributed by atoms with Crippen LogP contribution < -0.4 is 5.43 Å². The van der Waals surface area contributed by atoms with Gasteiger partial charge in [0, 0.05) is 9.13 Å². The van der Waals surface area contributed by atoms with Crippen LogP contribution in [0.2, 0.25) is 0 Å². The predicted molar refractivity (Wildman–Crippen MR) is 98.2 cm³/mol. The van der Waals surface area contributed by atoms with E-state index < -0.39 is 0 Å². The van der Waals surface area contributed by atoms with Crippen molar-refractivity contribution in [1.29, 1.82) is 0 Å². The molecule has 0 saturated heterocycles. The number of carbonyl (C=O) groups excluding carboxylic acids is 1. The molecule has 0 aliphatic heterocycles. The first kappa shape index (κ1) is 14.7. The lowest BCUT2D eigenvalue weighted by atomic mass is 10.1. The Morgan fingerprint density at radius 1 is 0.955 bits per heavy atom. The normalized spacial score (nSPS) is 11.0. The zero-order valence-corrected chi connectivity index (χ0v) is 13.8. The minimum atomic E-state index is -0.215. The lowest BCUT2D eigenvalue weighted by molar-refractivity contribution is 0.0955. The van der Waals surface area contributed by atoms with Gasteiger partial charge in [0.05, 0.1) is 6.21 Å². The zero-order chi connectivity index (χ0) is 15.4. The Morgan fingerprint density at radius 3 is 2.45 bits per heavy atom. The summed E-state index contributed by atoms with van der Waals surface area (Å²) < 4.78 is 1.16. The summed E-state index contributed by atoms with van der Waals surface area (Å²) in [7, 11) is 0. The highest BCUT2D eigenvalue weighted by molar-refractivity contribution is 14.1. The van der Waals surface area contributed by atoms with Gasteiger partial charge in [0.15, 0.2) is 0 Å². The molecule has 3 rings (SSSR count). The summed E-state index contributed by atoms with van der Waals surface area (Å²) in [6.07, 6.45) is 1.63. The first-order valence-electron chi connectivity index (χ1n) is 6.80. The number of nitrogens with one attached hydrogen (secondary N) is 1. The second-order valence-electron chi connectivity index (χ2n) is 4.81. The van der Waals surface area contributed by atoms with Crippen LogP contribution in [0, 0.1) is 3.57 Å². The van der Waals surface area contributed by atoms with Gasteiger partial charge in [0.2, 0.25) is 0 Å². The molecule has 0 bridgehead atoms. The summed E-state index contributed by atoms with van der Waals surface area (Å²) in [5, 5.41) is 6.15. The van der Waals surface area contributed by atoms with Crippen LogP contribution in [0.1, 0.15) is 15.9 Å². The average molecular weight is 400 g/mol. The third-order valence-corrected chi connectivity index (χ3v) is 3.98. The summed E-state index contributed by atoms with van der Waals surface area (Å²) in [5.41, 5.74) is 4.09. The summed E-state index contributed by atoms with van der Waals surface area (Å²) in [4.78, 5) is 12.1. The van der Waals surface area contributed by atoms with Crippen molar-refractivity contribution in [3.05, 3.63) is 81.4 Å². The topological polar surface area (TPSA) is 41.5 Å². The van der Waals surface area contributed by atoms with E-state index in [4.69, 9.17) is 0 Å². The van der Waals surface area contributed by atoms with E-state index in [0.717, 1.165) is 19.9 Å². The molecule has 0 aliphatic rings. The monoisotopic (exact) mass is 400 g/mol. The Hall–Kier alpha value is -2.21. The minimum Gasteiger partial charge on any atom is -0.267 e. The molecule has 0 heterocycles. The molecule has 22 heavy (non-hydrogen) atoms. The van der Waals surface area contributed by atoms with Crippen molar-refractivity contribution in [3.63, 3.8) is 0 Å². The van der Waals surface area contributed by atoms with E-state index in [0.29, 0.717) is 5.56 Å². The maximum absolute atomic E-state index is 12.1. The highest BCUT2D eigenvalue weighted by Crippen LogP contribution is 2.15. The fraction of sp³-hybridized carbons (Fsp3) is 0. The molecule has 0 fully saturated rings.